The van der Waals surface area contributed by atoms with E-state index in [9.17, 15) is 83.1 Å². The van der Waals surface area contributed by atoms with Crippen LogP contribution in [0.5, 0.6) is 0 Å². The number of nitrogens with two attached hydrogens (primary N) is 1. The van der Waals surface area contributed by atoms with E-state index in [0.717, 1.165) is 0 Å². The van der Waals surface area contributed by atoms with E-state index in [0.29, 0.717) is 0 Å². The van der Waals surface area contributed by atoms with Crippen LogP contribution in [-0.2, 0) is 10.0 Å². The zero-order chi connectivity index (χ0) is 24.5. The molecule has 0 atom stereocenters. The van der Waals surface area contributed by atoms with Crippen molar-refractivity contribution < 1.29 is 83.1 Å². The van der Waals surface area contributed by atoms with Gasteiger partial charge in [-0.05, 0) is 0 Å². The summed E-state index contributed by atoms with van der Waals surface area (Å²) in [6, 6.07) is 0. The predicted octanol–water partition coefficient (Wildman–Crippen LogP) is 3.59. The van der Waals surface area contributed by atoms with E-state index in [2.05, 4.69) is 5.14 Å². The van der Waals surface area contributed by atoms with Crippen LogP contribution in [0.3, 0.4) is 0 Å². The maximum atomic E-state index is 13.1. The fourth-order valence-electron chi connectivity index (χ4n) is 1.33. The molecule has 0 aromatic carbocycles. The number of sulfonamides is 1. The first-order valence-electron chi connectivity index (χ1n) is 5.74. The monoisotopic (exact) mass is 523 g/mol. The molecule has 178 valence electrons. The van der Waals surface area contributed by atoms with Gasteiger partial charge in [0, 0.05) is 0 Å². The molecule has 0 aliphatic rings. The number of rotatable bonds is 7. The van der Waals surface area contributed by atoms with Crippen LogP contribution in [0, 0.1) is 0 Å². The second kappa shape index (κ2) is 7.65. The summed E-state index contributed by atoms with van der Waals surface area (Å²) in [6.45, 7) is 0. The van der Waals surface area contributed by atoms with Crippen LogP contribution in [0.1, 0.15) is 0 Å². The van der Waals surface area contributed by atoms with Crippen LogP contribution in [0.15, 0.2) is 0 Å². The Kier molecular flexibility index (Phi) is 8.13. The van der Waals surface area contributed by atoms with E-state index in [1.165, 1.54) is 0 Å². The molecule has 0 unspecified atom stereocenters. The molecule has 3 nitrogen and oxygen atoms in total. The molecule has 0 saturated carbocycles. The topological polar surface area (TPSA) is 60.2 Å². The van der Waals surface area contributed by atoms with E-state index in [4.69, 9.17) is 0 Å². The van der Waals surface area contributed by atoms with Gasteiger partial charge in [-0.1, -0.05) is 0 Å². The first-order valence-corrected chi connectivity index (χ1v) is 7.28. The third-order valence-electron chi connectivity index (χ3n) is 3.05. The van der Waals surface area contributed by atoms with Gasteiger partial charge in [0.05, 0.1) is 0 Å². The van der Waals surface area contributed by atoms with E-state index in [-0.39, 0.29) is 29.6 Å². The molecule has 0 fully saturated rings. The molecular formula is C8H3F17NNaO2S. The zero-order valence-corrected chi connectivity index (χ0v) is 13.0. The van der Waals surface area contributed by atoms with Crippen LogP contribution in [0.2, 0.25) is 0 Å². The molecule has 22 heteroatoms. The number of primary sulfonamides is 1. The number of alkyl halides is 17. The second-order valence-corrected chi connectivity index (χ2v) is 6.61. The van der Waals surface area contributed by atoms with Gasteiger partial charge in [0.15, 0.2) is 0 Å². The Morgan fingerprint density at radius 2 is 0.633 bits per heavy atom. The first kappa shape index (κ1) is 31.9. The fraction of sp³-hybridized carbons (Fsp3) is 1.00. The zero-order valence-electron chi connectivity index (χ0n) is 12.2. The number of hydrogen-bond acceptors (Lipinski definition) is 2. The summed E-state index contributed by atoms with van der Waals surface area (Å²) < 4.78 is 236. The van der Waals surface area contributed by atoms with Crippen molar-refractivity contribution in [2.75, 3.05) is 0 Å². The third-order valence-corrected chi connectivity index (χ3v) is 4.02. The Morgan fingerprint density at radius 3 is 0.833 bits per heavy atom. The minimum atomic E-state index is -8.84. The predicted molar refractivity (Wildman–Crippen MR) is 60.9 cm³/mol. The average Bonchev–Trinajstić information content (AvgIpc) is 2.43. The molecule has 0 saturated heterocycles. The van der Waals surface area contributed by atoms with Crippen molar-refractivity contribution in [3.8, 4) is 0 Å². The molecule has 0 aliphatic heterocycles. The summed E-state index contributed by atoms with van der Waals surface area (Å²) in [4.78, 5) is 0. The normalized spacial score (nSPS) is 16.3. The summed E-state index contributed by atoms with van der Waals surface area (Å²) in [5, 5.41) is -4.30. The summed E-state index contributed by atoms with van der Waals surface area (Å²) >= 11 is 0. The Bertz CT molecular complexity index is 741. The molecule has 30 heavy (non-hydrogen) atoms. The van der Waals surface area contributed by atoms with Crippen molar-refractivity contribution in [2.45, 2.75) is 47.0 Å². The Labute approximate surface area is 175 Å². The van der Waals surface area contributed by atoms with Gasteiger partial charge < -0.3 is 0 Å². The molecule has 0 rings (SSSR count). The van der Waals surface area contributed by atoms with Crippen molar-refractivity contribution in [1.82, 2.24) is 0 Å². The van der Waals surface area contributed by atoms with E-state index in [1.807, 2.05) is 0 Å². The van der Waals surface area contributed by atoms with Gasteiger partial charge in [-0.3, -0.25) is 0 Å². The Hall–Kier alpha value is -0.280. The van der Waals surface area contributed by atoms with Gasteiger partial charge in [-0.15, -0.1) is 0 Å². The minimum absolute atomic E-state index is 0. The fourth-order valence-corrected chi connectivity index (χ4v) is 1.81. The first-order chi connectivity index (χ1) is 12.0. The SMILES string of the molecule is NS(=O)(=O)C(F)(F)C(F)(F)C(F)(F)C(F)(F)C(F)(F)C(F)(F)C(F)(F)C(F)(F)F.[NaH]. The third kappa shape index (κ3) is 3.85. The van der Waals surface area contributed by atoms with Gasteiger partial charge in [-0.25, -0.2) is 13.6 Å². The number of halogens is 17. The summed E-state index contributed by atoms with van der Waals surface area (Å²) in [6.07, 6.45) is -7.86. The molecule has 0 heterocycles. The van der Waals surface area contributed by atoms with Gasteiger partial charge in [0.2, 0.25) is 0 Å². The summed E-state index contributed by atoms with van der Waals surface area (Å²) in [5.74, 6) is -51.6. The molecule has 0 amide bonds. The molecule has 0 bridgehead atoms. The molecule has 0 aromatic heterocycles. The molecule has 0 radical (unpaired) electrons. The number of hydrogen-bond donors (Lipinski definition) is 1. The van der Waals surface area contributed by atoms with E-state index in [1.54, 1.807) is 0 Å². The van der Waals surface area contributed by atoms with Crippen molar-refractivity contribution in [1.29, 1.82) is 0 Å². The van der Waals surface area contributed by atoms with Crippen molar-refractivity contribution in [3.05, 3.63) is 0 Å². The summed E-state index contributed by atoms with van der Waals surface area (Å²) in [5.41, 5.74) is 0. The van der Waals surface area contributed by atoms with Crippen LogP contribution in [0.25, 0.3) is 0 Å². The van der Waals surface area contributed by atoms with Crippen molar-refractivity contribution in [3.63, 3.8) is 0 Å². The van der Waals surface area contributed by atoms with Crippen LogP contribution >= 0.6 is 0 Å². The molecule has 0 spiro atoms. The van der Waals surface area contributed by atoms with Gasteiger partial charge in [-0.2, -0.15) is 74.6 Å². The van der Waals surface area contributed by atoms with Crippen LogP contribution in [0.4, 0.5) is 74.6 Å². The van der Waals surface area contributed by atoms with Crippen molar-refractivity contribution >= 4 is 39.6 Å². The second-order valence-electron chi connectivity index (χ2n) is 5.01. The summed E-state index contributed by atoms with van der Waals surface area (Å²) in [7, 11) is -7.39. The molecule has 0 aromatic rings. The van der Waals surface area contributed by atoms with Crippen molar-refractivity contribution in [2.24, 2.45) is 5.14 Å². The van der Waals surface area contributed by atoms with Gasteiger partial charge >= 0.3 is 76.5 Å². The van der Waals surface area contributed by atoms with Gasteiger partial charge in [0.1, 0.15) is 0 Å². The maximum absolute atomic E-state index is 13.1. The van der Waals surface area contributed by atoms with E-state index < -0.39 is 57.0 Å². The Morgan fingerprint density at radius 1 is 0.433 bits per heavy atom. The molecular weight excluding hydrogens is 520 g/mol. The van der Waals surface area contributed by atoms with E-state index >= 15 is 0 Å². The molecule has 0 aliphatic carbocycles. The van der Waals surface area contributed by atoms with Crippen LogP contribution in [-0.4, -0.2) is 84.9 Å². The Balaban J connectivity index is 0. The van der Waals surface area contributed by atoms with Gasteiger partial charge in [0.25, 0.3) is 10.0 Å². The standard InChI is InChI=1S/C8H2F17NO2S.Na.H/c9-1(10,3(13,14)5(17,18)7(21,22)23)2(11,12)4(15,16)6(19,20)8(24,25)29(26,27)28;;/h(H2,26,27,28);;. The van der Waals surface area contributed by atoms with Crippen LogP contribution < -0.4 is 5.14 Å². The quantitative estimate of drug-likeness (QED) is 0.410. The molecule has 2 N–H and O–H groups in total. The average molecular weight is 523 g/mol.